The van der Waals surface area contributed by atoms with Crippen LogP contribution in [0.3, 0.4) is 0 Å². The highest BCUT2D eigenvalue weighted by atomic mass is 35.5. The molecular weight excluding hydrogens is 394 g/mol. The SMILES string of the molecule is Cc1nnc(SCC(=O)N2CCc3ccccc32)n1N=Cc1ccc(Cl)cc1. The first-order chi connectivity index (χ1) is 13.6. The predicted molar refractivity (Wildman–Crippen MR) is 112 cm³/mol. The normalized spacial score (nSPS) is 13.3. The molecule has 1 amide bonds. The summed E-state index contributed by atoms with van der Waals surface area (Å²) in [5.41, 5.74) is 3.14. The largest absolute Gasteiger partial charge is 0.311 e. The number of thioether (sulfide) groups is 1. The van der Waals surface area contributed by atoms with Gasteiger partial charge in [0, 0.05) is 17.3 Å². The first kappa shape index (κ1) is 18.7. The fourth-order valence-electron chi connectivity index (χ4n) is 3.04. The molecule has 0 saturated heterocycles. The van der Waals surface area contributed by atoms with Crippen LogP contribution in [-0.4, -0.2) is 39.3 Å². The van der Waals surface area contributed by atoms with E-state index in [0.717, 1.165) is 24.2 Å². The van der Waals surface area contributed by atoms with Crippen LogP contribution in [0.2, 0.25) is 5.02 Å². The lowest BCUT2D eigenvalue weighted by Gasteiger charge is -2.16. The molecule has 28 heavy (non-hydrogen) atoms. The summed E-state index contributed by atoms with van der Waals surface area (Å²) in [5, 5.41) is 14.0. The third-order valence-corrected chi connectivity index (χ3v) is 5.63. The summed E-state index contributed by atoms with van der Waals surface area (Å²) in [7, 11) is 0. The molecule has 0 aliphatic carbocycles. The van der Waals surface area contributed by atoms with Crippen molar-refractivity contribution in [3.05, 3.63) is 70.5 Å². The maximum atomic E-state index is 12.7. The Morgan fingerprint density at radius 2 is 2.00 bits per heavy atom. The highest BCUT2D eigenvalue weighted by Crippen LogP contribution is 2.28. The first-order valence-electron chi connectivity index (χ1n) is 8.85. The molecule has 1 aliphatic rings. The number of hydrogen-bond donors (Lipinski definition) is 0. The number of carbonyl (C=O) groups is 1. The quantitative estimate of drug-likeness (QED) is 0.473. The van der Waals surface area contributed by atoms with Crippen molar-refractivity contribution >= 4 is 41.2 Å². The second-order valence-corrected chi connectivity index (χ2v) is 7.73. The summed E-state index contributed by atoms with van der Waals surface area (Å²) >= 11 is 7.25. The molecule has 2 heterocycles. The number of fused-ring (bicyclic) bond motifs is 1. The maximum Gasteiger partial charge on any atom is 0.237 e. The Hall–Kier alpha value is -2.64. The van der Waals surface area contributed by atoms with E-state index in [-0.39, 0.29) is 11.7 Å². The molecule has 142 valence electrons. The molecule has 6 nitrogen and oxygen atoms in total. The van der Waals surface area contributed by atoms with Gasteiger partial charge in [0.25, 0.3) is 0 Å². The second-order valence-electron chi connectivity index (χ2n) is 6.35. The summed E-state index contributed by atoms with van der Waals surface area (Å²) in [5.74, 6) is 0.999. The van der Waals surface area contributed by atoms with Crippen molar-refractivity contribution < 1.29 is 4.79 Å². The fourth-order valence-corrected chi connectivity index (χ4v) is 3.97. The lowest BCUT2D eigenvalue weighted by molar-refractivity contribution is -0.116. The van der Waals surface area contributed by atoms with Gasteiger partial charge in [0.05, 0.1) is 12.0 Å². The highest BCUT2D eigenvalue weighted by Gasteiger charge is 2.24. The van der Waals surface area contributed by atoms with Gasteiger partial charge in [0.2, 0.25) is 11.1 Å². The van der Waals surface area contributed by atoms with Gasteiger partial charge < -0.3 is 4.90 Å². The van der Waals surface area contributed by atoms with Crippen LogP contribution in [0, 0.1) is 6.92 Å². The Labute approximate surface area is 172 Å². The van der Waals surface area contributed by atoms with E-state index in [4.69, 9.17) is 11.6 Å². The standard InChI is InChI=1S/C20H18ClN5OS/c1-14-23-24-20(26(14)22-12-15-6-8-17(21)9-7-15)28-13-19(27)25-11-10-16-4-2-3-5-18(16)25/h2-9,12H,10-11,13H2,1H3. The van der Waals surface area contributed by atoms with Gasteiger partial charge in [-0.2, -0.15) is 9.78 Å². The minimum Gasteiger partial charge on any atom is -0.311 e. The van der Waals surface area contributed by atoms with Gasteiger partial charge in [0.1, 0.15) is 0 Å². The Kier molecular flexibility index (Phi) is 5.45. The van der Waals surface area contributed by atoms with Crippen LogP contribution >= 0.6 is 23.4 Å². The smallest absolute Gasteiger partial charge is 0.237 e. The molecule has 0 spiro atoms. The molecule has 2 aromatic carbocycles. The zero-order valence-corrected chi connectivity index (χ0v) is 16.8. The zero-order chi connectivity index (χ0) is 19.5. The van der Waals surface area contributed by atoms with Gasteiger partial charge >= 0.3 is 0 Å². The number of amides is 1. The molecule has 0 atom stereocenters. The summed E-state index contributed by atoms with van der Waals surface area (Å²) in [6.45, 7) is 2.55. The molecule has 0 saturated carbocycles. The van der Waals surface area contributed by atoms with Crippen LogP contribution in [0.4, 0.5) is 5.69 Å². The number of anilines is 1. The zero-order valence-electron chi connectivity index (χ0n) is 15.2. The van der Waals surface area contributed by atoms with Crippen LogP contribution in [0.1, 0.15) is 17.0 Å². The summed E-state index contributed by atoms with van der Waals surface area (Å²) in [6, 6.07) is 15.4. The number of benzene rings is 2. The van der Waals surface area contributed by atoms with E-state index in [9.17, 15) is 4.79 Å². The third-order valence-electron chi connectivity index (χ3n) is 4.47. The summed E-state index contributed by atoms with van der Waals surface area (Å²) < 4.78 is 1.64. The molecule has 0 fully saturated rings. The minimum absolute atomic E-state index is 0.0591. The van der Waals surface area contributed by atoms with Crippen molar-refractivity contribution in [2.24, 2.45) is 5.10 Å². The first-order valence-corrected chi connectivity index (χ1v) is 10.2. The third kappa shape index (κ3) is 3.95. The molecule has 1 aliphatic heterocycles. The number of hydrogen-bond acceptors (Lipinski definition) is 5. The Morgan fingerprint density at radius 3 is 2.82 bits per heavy atom. The summed E-state index contributed by atoms with van der Waals surface area (Å²) in [6.07, 6.45) is 2.61. The molecule has 0 unspecified atom stereocenters. The number of halogens is 1. The van der Waals surface area contributed by atoms with Crippen LogP contribution in [0.25, 0.3) is 0 Å². The minimum atomic E-state index is 0.0591. The average molecular weight is 412 g/mol. The fraction of sp³-hybridized carbons (Fsp3) is 0.200. The van der Waals surface area contributed by atoms with Gasteiger partial charge in [-0.3, -0.25) is 4.79 Å². The molecule has 4 rings (SSSR count). The van der Waals surface area contributed by atoms with Crippen molar-refractivity contribution in [2.75, 3.05) is 17.2 Å². The monoisotopic (exact) mass is 411 g/mol. The lowest BCUT2D eigenvalue weighted by atomic mass is 10.2. The molecule has 0 N–H and O–H groups in total. The van der Waals surface area contributed by atoms with E-state index in [1.165, 1.54) is 17.3 Å². The van der Waals surface area contributed by atoms with Crippen LogP contribution < -0.4 is 4.90 Å². The molecule has 0 radical (unpaired) electrons. The van der Waals surface area contributed by atoms with Crippen molar-refractivity contribution in [2.45, 2.75) is 18.5 Å². The topological polar surface area (TPSA) is 63.4 Å². The van der Waals surface area contributed by atoms with E-state index in [1.54, 1.807) is 10.9 Å². The highest BCUT2D eigenvalue weighted by molar-refractivity contribution is 7.99. The van der Waals surface area contributed by atoms with Crippen molar-refractivity contribution in [3.63, 3.8) is 0 Å². The van der Waals surface area contributed by atoms with Crippen molar-refractivity contribution in [1.29, 1.82) is 0 Å². The van der Waals surface area contributed by atoms with Crippen LogP contribution in [0.15, 0.2) is 58.8 Å². The molecule has 1 aromatic heterocycles. The number of rotatable bonds is 5. The Balaban J connectivity index is 1.45. The lowest BCUT2D eigenvalue weighted by Crippen LogP contribution is -2.30. The second kappa shape index (κ2) is 8.16. The van der Waals surface area contributed by atoms with E-state index in [1.807, 2.05) is 54.3 Å². The maximum absolute atomic E-state index is 12.7. The van der Waals surface area contributed by atoms with Gasteiger partial charge in [-0.05, 0) is 42.7 Å². The molecule has 0 bridgehead atoms. The van der Waals surface area contributed by atoms with Gasteiger partial charge in [-0.25, -0.2) is 0 Å². The number of carbonyl (C=O) groups excluding carboxylic acids is 1. The predicted octanol–water partition coefficient (Wildman–Crippen LogP) is 3.80. The molecular formula is C20H18ClN5OS. The van der Waals surface area contributed by atoms with E-state index >= 15 is 0 Å². The van der Waals surface area contributed by atoms with E-state index in [0.29, 0.717) is 16.0 Å². The molecule has 3 aromatic rings. The van der Waals surface area contributed by atoms with Crippen LogP contribution in [0.5, 0.6) is 0 Å². The van der Waals surface area contributed by atoms with Crippen LogP contribution in [-0.2, 0) is 11.2 Å². The number of aromatic nitrogens is 3. The van der Waals surface area contributed by atoms with Gasteiger partial charge in [0.15, 0.2) is 5.82 Å². The number of nitrogens with zero attached hydrogens (tertiary/aromatic N) is 5. The van der Waals surface area contributed by atoms with E-state index < -0.39 is 0 Å². The van der Waals surface area contributed by atoms with Gasteiger partial charge in [-0.15, -0.1) is 10.2 Å². The number of para-hydroxylation sites is 1. The Bertz CT molecular complexity index is 1030. The Morgan fingerprint density at radius 1 is 1.21 bits per heavy atom. The number of aryl methyl sites for hydroxylation is 1. The van der Waals surface area contributed by atoms with Crippen molar-refractivity contribution in [1.82, 2.24) is 14.9 Å². The van der Waals surface area contributed by atoms with E-state index in [2.05, 4.69) is 21.4 Å². The molecule has 8 heteroatoms. The van der Waals surface area contributed by atoms with Gasteiger partial charge in [-0.1, -0.05) is 53.7 Å². The van der Waals surface area contributed by atoms with Crippen molar-refractivity contribution in [3.8, 4) is 0 Å². The summed E-state index contributed by atoms with van der Waals surface area (Å²) in [4.78, 5) is 14.5. The average Bonchev–Trinajstić information content (AvgIpc) is 3.29.